The van der Waals surface area contributed by atoms with Crippen LogP contribution in [-0.4, -0.2) is 20.3 Å². The molecule has 1 saturated carbocycles. The first-order valence-electron chi connectivity index (χ1n) is 8.02. The molecule has 0 radical (unpaired) electrons. The Morgan fingerprint density at radius 2 is 1.75 bits per heavy atom. The van der Waals surface area contributed by atoms with Crippen LogP contribution in [0.25, 0.3) is 0 Å². The molecule has 0 heterocycles. The fourth-order valence-electron chi connectivity index (χ4n) is 3.26. The van der Waals surface area contributed by atoms with Crippen molar-refractivity contribution in [3.63, 3.8) is 0 Å². The molecule has 1 aromatic carbocycles. The van der Waals surface area contributed by atoms with E-state index in [4.69, 9.17) is 4.74 Å². The predicted octanol–water partition coefficient (Wildman–Crippen LogP) is 4.16. The first-order valence-corrected chi connectivity index (χ1v) is 8.02. The summed E-state index contributed by atoms with van der Waals surface area (Å²) in [6.45, 7) is 6.02. The van der Waals surface area contributed by atoms with Crippen LogP contribution in [0, 0.1) is 19.8 Å². The first kappa shape index (κ1) is 15.5. The summed E-state index contributed by atoms with van der Waals surface area (Å²) < 4.78 is 6.00. The molecular weight excluding hydrogens is 246 g/mol. The predicted molar refractivity (Wildman–Crippen MR) is 85.1 cm³/mol. The first-order chi connectivity index (χ1) is 9.69. The summed E-state index contributed by atoms with van der Waals surface area (Å²) in [6, 6.07) is 7.05. The molecule has 1 N–H and O–H groups in total. The lowest BCUT2D eigenvalue weighted by molar-refractivity contribution is 0.0707. The number of likely N-dealkylation sites (N-methyl/N-ethyl adjacent to an activating group) is 1. The van der Waals surface area contributed by atoms with E-state index in [1.807, 2.05) is 7.05 Å². The summed E-state index contributed by atoms with van der Waals surface area (Å²) in [6.07, 6.45) is 6.90. The van der Waals surface area contributed by atoms with Gasteiger partial charge < -0.3 is 10.1 Å². The van der Waals surface area contributed by atoms with E-state index in [2.05, 4.69) is 37.4 Å². The number of ether oxygens (including phenoxy) is 1. The number of aryl methyl sites for hydroxylation is 2. The molecule has 0 amide bonds. The van der Waals surface area contributed by atoms with Crippen LogP contribution >= 0.6 is 0 Å². The van der Waals surface area contributed by atoms with Crippen molar-refractivity contribution in [3.05, 3.63) is 34.9 Å². The SMILES string of the molecule is CNC(COCC1CCCCC1)c1cc(C)cc(C)c1. The third kappa shape index (κ3) is 4.60. The molecule has 2 rings (SSSR count). The van der Waals surface area contributed by atoms with Gasteiger partial charge in [-0.1, -0.05) is 48.6 Å². The van der Waals surface area contributed by atoms with E-state index >= 15 is 0 Å². The van der Waals surface area contributed by atoms with Crippen LogP contribution in [0.1, 0.15) is 54.8 Å². The van der Waals surface area contributed by atoms with Crippen LogP contribution in [0.4, 0.5) is 0 Å². The average Bonchev–Trinajstić information content (AvgIpc) is 2.43. The lowest BCUT2D eigenvalue weighted by Gasteiger charge is -2.23. The molecule has 0 saturated heterocycles. The number of hydrogen-bond donors (Lipinski definition) is 1. The highest BCUT2D eigenvalue weighted by Crippen LogP contribution is 2.24. The van der Waals surface area contributed by atoms with Gasteiger partial charge in [0, 0.05) is 6.61 Å². The van der Waals surface area contributed by atoms with Crippen LogP contribution < -0.4 is 5.32 Å². The summed E-state index contributed by atoms with van der Waals surface area (Å²) in [5.74, 6) is 0.792. The average molecular weight is 275 g/mol. The summed E-state index contributed by atoms with van der Waals surface area (Å²) in [7, 11) is 2.02. The topological polar surface area (TPSA) is 21.3 Å². The standard InChI is InChI=1S/C18H29NO/c1-14-9-15(2)11-17(10-14)18(19-3)13-20-12-16-7-5-4-6-8-16/h9-11,16,18-19H,4-8,12-13H2,1-3H3. The van der Waals surface area contributed by atoms with Gasteiger partial charge in [-0.15, -0.1) is 0 Å². The Bertz CT molecular complexity index is 390. The van der Waals surface area contributed by atoms with Gasteiger partial charge in [0.25, 0.3) is 0 Å². The van der Waals surface area contributed by atoms with Gasteiger partial charge in [-0.05, 0) is 45.2 Å². The second-order valence-corrected chi connectivity index (χ2v) is 6.30. The highest BCUT2D eigenvalue weighted by Gasteiger charge is 2.15. The van der Waals surface area contributed by atoms with Crippen molar-refractivity contribution in [1.82, 2.24) is 5.32 Å². The molecule has 1 fully saturated rings. The van der Waals surface area contributed by atoms with Gasteiger partial charge in [0.05, 0.1) is 12.6 Å². The Labute approximate surface area is 123 Å². The minimum absolute atomic E-state index is 0.303. The smallest absolute Gasteiger partial charge is 0.0661 e. The Balaban J connectivity index is 1.85. The summed E-state index contributed by atoms with van der Waals surface area (Å²) in [4.78, 5) is 0. The Morgan fingerprint density at radius 3 is 2.35 bits per heavy atom. The van der Waals surface area contributed by atoms with Gasteiger partial charge >= 0.3 is 0 Å². The molecule has 112 valence electrons. The van der Waals surface area contributed by atoms with Crippen LogP contribution in [0.3, 0.4) is 0 Å². The van der Waals surface area contributed by atoms with E-state index in [0.717, 1.165) is 19.1 Å². The van der Waals surface area contributed by atoms with E-state index < -0.39 is 0 Å². The molecule has 2 heteroatoms. The van der Waals surface area contributed by atoms with Gasteiger partial charge in [-0.2, -0.15) is 0 Å². The van der Waals surface area contributed by atoms with Crippen LogP contribution in [0.2, 0.25) is 0 Å². The van der Waals surface area contributed by atoms with Crippen molar-refractivity contribution in [2.45, 2.75) is 52.0 Å². The van der Waals surface area contributed by atoms with Gasteiger partial charge in [0.2, 0.25) is 0 Å². The van der Waals surface area contributed by atoms with Crippen LogP contribution in [-0.2, 0) is 4.74 Å². The van der Waals surface area contributed by atoms with Gasteiger partial charge in [0.1, 0.15) is 0 Å². The zero-order valence-electron chi connectivity index (χ0n) is 13.2. The highest BCUT2D eigenvalue weighted by molar-refractivity contribution is 5.30. The Hall–Kier alpha value is -0.860. The quantitative estimate of drug-likeness (QED) is 0.841. The lowest BCUT2D eigenvalue weighted by Crippen LogP contribution is -2.24. The minimum atomic E-state index is 0.303. The summed E-state index contributed by atoms with van der Waals surface area (Å²) in [5, 5.41) is 3.39. The highest BCUT2D eigenvalue weighted by atomic mass is 16.5. The van der Waals surface area contributed by atoms with E-state index in [9.17, 15) is 0 Å². The largest absolute Gasteiger partial charge is 0.379 e. The molecule has 0 aliphatic heterocycles. The van der Waals surface area contributed by atoms with Crippen molar-refractivity contribution < 1.29 is 4.74 Å². The molecule has 0 spiro atoms. The zero-order chi connectivity index (χ0) is 14.4. The number of rotatable bonds is 6. The van der Waals surface area contributed by atoms with Gasteiger partial charge in [-0.3, -0.25) is 0 Å². The third-order valence-corrected chi connectivity index (χ3v) is 4.36. The molecule has 1 unspecified atom stereocenters. The molecule has 20 heavy (non-hydrogen) atoms. The second-order valence-electron chi connectivity index (χ2n) is 6.30. The minimum Gasteiger partial charge on any atom is -0.379 e. The van der Waals surface area contributed by atoms with E-state index in [1.54, 1.807) is 0 Å². The molecular formula is C18H29NO. The number of benzene rings is 1. The zero-order valence-corrected chi connectivity index (χ0v) is 13.2. The molecule has 2 nitrogen and oxygen atoms in total. The van der Waals surface area contributed by atoms with E-state index in [0.29, 0.717) is 6.04 Å². The molecule has 1 atom stereocenters. The fourth-order valence-corrected chi connectivity index (χ4v) is 3.26. The van der Waals surface area contributed by atoms with Crippen molar-refractivity contribution in [1.29, 1.82) is 0 Å². The molecule has 1 aromatic rings. The van der Waals surface area contributed by atoms with Gasteiger partial charge in [-0.25, -0.2) is 0 Å². The Morgan fingerprint density at radius 1 is 1.10 bits per heavy atom. The van der Waals surface area contributed by atoms with Crippen LogP contribution in [0.15, 0.2) is 18.2 Å². The molecule has 0 aromatic heterocycles. The molecule has 1 aliphatic rings. The number of nitrogens with one attached hydrogen (secondary N) is 1. The van der Waals surface area contributed by atoms with Crippen molar-refractivity contribution in [2.75, 3.05) is 20.3 Å². The molecule has 1 aliphatic carbocycles. The lowest BCUT2D eigenvalue weighted by atomic mass is 9.90. The fraction of sp³-hybridized carbons (Fsp3) is 0.667. The van der Waals surface area contributed by atoms with E-state index in [-0.39, 0.29) is 0 Å². The summed E-state index contributed by atoms with van der Waals surface area (Å²) in [5.41, 5.74) is 3.99. The van der Waals surface area contributed by atoms with Crippen molar-refractivity contribution in [3.8, 4) is 0 Å². The van der Waals surface area contributed by atoms with E-state index in [1.165, 1.54) is 48.8 Å². The second kappa shape index (κ2) is 7.80. The maximum absolute atomic E-state index is 6.00. The van der Waals surface area contributed by atoms with Crippen LogP contribution in [0.5, 0.6) is 0 Å². The van der Waals surface area contributed by atoms with Gasteiger partial charge in [0.15, 0.2) is 0 Å². The third-order valence-electron chi connectivity index (χ3n) is 4.36. The molecule has 0 bridgehead atoms. The normalized spacial score (nSPS) is 18.1. The summed E-state index contributed by atoms with van der Waals surface area (Å²) >= 11 is 0. The monoisotopic (exact) mass is 275 g/mol. The Kier molecular flexibility index (Phi) is 6.06. The van der Waals surface area contributed by atoms with Crippen molar-refractivity contribution >= 4 is 0 Å². The number of hydrogen-bond acceptors (Lipinski definition) is 2. The maximum Gasteiger partial charge on any atom is 0.0661 e. The maximum atomic E-state index is 6.00. The van der Waals surface area contributed by atoms with Crippen molar-refractivity contribution in [2.24, 2.45) is 5.92 Å².